The number of nitrogens with one attached hydrogen (secondary N) is 2. The Bertz CT molecular complexity index is 1310. The molecule has 38 heavy (non-hydrogen) atoms. The van der Waals surface area contributed by atoms with E-state index < -0.39 is 23.8 Å². The fraction of sp³-hybridized carbons (Fsp3) is 0.207. The third-order valence-corrected chi connectivity index (χ3v) is 5.65. The molecule has 3 aromatic rings. The van der Waals surface area contributed by atoms with Gasteiger partial charge in [-0.25, -0.2) is 4.79 Å². The van der Waals surface area contributed by atoms with Crippen LogP contribution in [-0.2, 0) is 32.1 Å². The molecule has 9 nitrogen and oxygen atoms in total. The summed E-state index contributed by atoms with van der Waals surface area (Å²) in [6.45, 7) is 2.04. The first kappa shape index (κ1) is 27.8. The van der Waals surface area contributed by atoms with Gasteiger partial charge >= 0.3 is 5.97 Å². The standard InChI is InChI=1S/C29H30N2O7/c1-19-7-8-21(15-25(19)33)13-14-30-28(36)17-23(29(37)38-18-22-5-3-2-4-6-22)31-27(35)12-10-20-9-11-24(32)26(34)16-20/h2-12,15-16,23,32-34H,13-14,17-18H2,1H3,(H,30,36)(H,31,35)/b12-10+/t23-/m0/s1. The number of hydrogen-bond donors (Lipinski definition) is 5. The number of esters is 1. The van der Waals surface area contributed by atoms with Crippen molar-refractivity contribution in [3.05, 3.63) is 95.1 Å². The van der Waals surface area contributed by atoms with Crippen molar-refractivity contribution < 1.29 is 34.4 Å². The minimum atomic E-state index is -1.24. The van der Waals surface area contributed by atoms with E-state index >= 15 is 0 Å². The minimum absolute atomic E-state index is 0.0206. The Hall–Kier alpha value is -4.79. The van der Waals surface area contributed by atoms with E-state index in [2.05, 4.69) is 10.6 Å². The molecule has 3 aromatic carbocycles. The average molecular weight is 519 g/mol. The molecule has 0 spiro atoms. The molecule has 9 heteroatoms. The second kappa shape index (κ2) is 13.5. The van der Waals surface area contributed by atoms with Crippen LogP contribution in [0.2, 0.25) is 0 Å². The zero-order valence-corrected chi connectivity index (χ0v) is 20.9. The number of carbonyl (C=O) groups is 3. The lowest BCUT2D eigenvalue weighted by Crippen LogP contribution is -2.44. The van der Waals surface area contributed by atoms with E-state index in [-0.39, 0.29) is 36.8 Å². The quantitative estimate of drug-likeness (QED) is 0.149. The lowest BCUT2D eigenvalue weighted by Gasteiger charge is -2.17. The van der Waals surface area contributed by atoms with Crippen molar-refractivity contribution in [3.8, 4) is 17.2 Å². The predicted octanol–water partition coefficient (Wildman–Crippen LogP) is 3.10. The van der Waals surface area contributed by atoms with Crippen LogP contribution in [0.25, 0.3) is 6.08 Å². The molecule has 3 rings (SSSR count). The molecule has 2 amide bonds. The third kappa shape index (κ3) is 8.70. The molecule has 0 saturated heterocycles. The summed E-state index contributed by atoms with van der Waals surface area (Å²) in [4.78, 5) is 37.9. The lowest BCUT2D eigenvalue weighted by atomic mass is 10.1. The predicted molar refractivity (Wildman–Crippen MR) is 141 cm³/mol. The number of carbonyl (C=O) groups excluding carboxylic acids is 3. The molecule has 0 heterocycles. The Labute approximate surface area is 220 Å². The summed E-state index contributed by atoms with van der Waals surface area (Å²) in [5, 5.41) is 34.1. The zero-order chi connectivity index (χ0) is 27.5. The van der Waals surface area contributed by atoms with E-state index in [9.17, 15) is 29.7 Å². The van der Waals surface area contributed by atoms with Gasteiger partial charge in [-0.3, -0.25) is 9.59 Å². The van der Waals surface area contributed by atoms with Crippen LogP contribution in [0.15, 0.2) is 72.8 Å². The second-order valence-electron chi connectivity index (χ2n) is 8.66. The fourth-order valence-electron chi connectivity index (χ4n) is 3.47. The average Bonchev–Trinajstić information content (AvgIpc) is 2.90. The Morgan fingerprint density at radius 2 is 1.66 bits per heavy atom. The molecular weight excluding hydrogens is 488 g/mol. The highest BCUT2D eigenvalue weighted by atomic mass is 16.5. The highest BCUT2D eigenvalue weighted by molar-refractivity contribution is 5.96. The largest absolute Gasteiger partial charge is 0.508 e. The molecule has 198 valence electrons. The van der Waals surface area contributed by atoms with Gasteiger partial charge in [-0.05, 0) is 59.9 Å². The van der Waals surface area contributed by atoms with Gasteiger partial charge in [-0.1, -0.05) is 48.5 Å². The van der Waals surface area contributed by atoms with Crippen molar-refractivity contribution in [2.75, 3.05) is 6.54 Å². The molecule has 0 aliphatic heterocycles. The summed E-state index contributed by atoms with van der Waals surface area (Å²) < 4.78 is 5.34. The Morgan fingerprint density at radius 1 is 0.895 bits per heavy atom. The van der Waals surface area contributed by atoms with Crippen molar-refractivity contribution in [2.45, 2.75) is 32.4 Å². The first-order chi connectivity index (χ1) is 18.2. The Kier molecular flexibility index (Phi) is 9.87. The van der Waals surface area contributed by atoms with Gasteiger partial charge < -0.3 is 30.7 Å². The van der Waals surface area contributed by atoms with Crippen LogP contribution < -0.4 is 10.6 Å². The van der Waals surface area contributed by atoms with Crippen molar-refractivity contribution in [2.24, 2.45) is 0 Å². The molecule has 0 aromatic heterocycles. The van der Waals surface area contributed by atoms with E-state index in [1.807, 2.05) is 12.1 Å². The zero-order valence-electron chi connectivity index (χ0n) is 20.9. The molecule has 0 saturated carbocycles. The molecule has 0 aliphatic rings. The van der Waals surface area contributed by atoms with E-state index in [4.69, 9.17) is 4.74 Å². The van der Waals surface area contributed by atoms with E-state index in [1.54, 1.807) is 43.3 Å². The number of aryl methyl sites for hydroxylation is 1. The van der Waals surface area contributed by atoms with Gasteiger partial charge in [0.2, 0.25) is 11.8 Å². The van der Waals surface area contributed by atoms with E-state index in [1.165, 1.54) is 24.3 Å². The van der Waals surface area contributed by atoms with Crippen LogP contribution in [0.4, 0.5) is 0 Å². The van der Waals surface area contributed by atoms with Crippen LogP contribution >= 0.6 is 0 Å². The topological polar surface area (TPSA) is 145 Å². The van der Waals surface area contributed by atoms with Gasteiger partial charge in [-0.15, -0.1) is 0 Å². The van der Waals surface area contributed by atoms with Crippen molar-refractivity contribution >= 4 is 23.9 Å². The maximum absolute atomic E-state index is 12.8. The van der Waals surface area contributed by atoms with E-state index in [0.29, 0.717) is 12.0 Å². The number of phenolic OH excluding ortho intramolecular Hbond substituents is 3. The first-order valence-electron chi connectivity index (χ1n) is 12.0. The minimum Gasteiger partial charge on any atom is -0.508 e. The number of rotatable bonds is 11. The molecule has 0 fully saturated rings. The van der Waals surface area contributed by atoms with Gasteiger partial charge in [0.25, 0.3) is 0 Å². The molecule has 0 unspecified atom stereocenters. The Morgan fingerprint density at radius 3 is 2.37 bits per heavy atom. The summed E-state index contributed by atoms with van der Waals surface area (Å²) in [7, 11) is 0. The number of amides is 2. The van der Waals surface area contributed by atoms with Gasteiger partial charge in [0, 0.05) is 12.6 Å². The maximum Gasteiger partial charge on any atom is 0.329 e. The van der Waals surface area contributed by atoms with Crippen LogP contribution in [-0.4, -0.2) is 45.7 Å². The molecule has 1 atom stereocenters. The molecule has 0 aliphatic carbocycles. The molecule has 5 N–H and O–H groups in total. The number of aromatic hydroxyl groups is 3. The number of hydrogen-bond acceptors (Lipinski definition) is 7. The normalized spacial score (nSPS) is 11.6. The maximum atomic E-state index is 12.8. The number of benzene rings is 3. The van der Waals surface area contributed by atoms with Crippen molar-refractivity contribution in [1.29, 1.82) is 0 Å². The van der Waals surface area contributed by atoms with Gasteiger partial charge in [-0.2, -0.15) is 0 Å². The van der Waals surface area contributed by atoms with Crippen LogP contribution in [0.3, 0.4) is 0 Å². The van der Waals surface area contributed by atoms with Crippen molar-refractivity contribution in [1.82, 2.24) is 10.6 Å². The van der Waals surface area contributed by atoms with Crippen molar-refractivity contribution in [3.63, 3.8) is 0 Å². The van der Waals surface area contributed by atoms with Crippen LogP contribution in [0.1, 0.15) is 28.7 Å². The van der Waals surface area contributed by atoms with E-state index in [0.717, 1.165) is 22.8 Å². The monoisotopic (exact) mass is 518 g/mol. The third-order valence-electron chi connectivity index (χ3n) is 5.65. The van der Waals surface area contributed by atoms with Crippen LogP contribution in [0, 0.1) is 6.92 Å². The second-order valence-corrected chi connectivity index (χ2v) is 8.66. The van der Waals surface area contributed by atoms with Crippen LogP contribution in [0.5, 0.6) is 17.2 Å². The SMILES string of the molecule is Cc1ccc(CCNC(=O)C[C@H](NC(=O)/C=C/c2ccc(O)c(O)c2)C(=O)OCc2ccccc2)cc1O. The van der Waals surface area contributed by atoms with Gasteiger partial charge in [0.05, 0.1) is 6.42 Å². The smallest absolute Gasteiger partial charge is 0.329 e. The molecule has 0 bridgehead atoms. The number of ether oxygens (including phenoxy) is 1. The highest BCUT2D eigenvalue weighted by Gasteiger charge is 2.25. The first-order valence-corrected chi connectivity index (χ1v) is 12.0. The molecule has 0 radical (unpaired) electrons. The summed E-state index contributed by atoms with van der Waals surface area (Å²) in [5.74, 6) is -2.34. The lowest BCUT2D eigenvalue weighted by molar-refractivity contribution is -0.150. The number of phenols is 3. The molecular formula is C29H30N2O7. The highest BCUT2D eigenvalue weighted by Crippen LogP contribution is 2.25. The fourth-order valence-corrected chi connectivity index (χ4v) is 3.47. The summed E-state index contributed by atoms with van der Waals surface area (Å²) >= 11 is 0. The van der Waals surface area contributed by atoms with Gasteiger partial charge in [0.15, 0.2) is 11.5 Å². The summed E-state index contributed by atoms with van der Waals surface area (Å²) in [6.07, 6.45) is 2.66. The summed E-state index contributed by atoms with van der Waals surface area (Å²) in [5.41, 5.74) is 2.79. The van der Waals surface area contributed by atoms with Gasteiger partial charge in [0.1, 0.15) is 18.4 Å². The Balaban J connectivity index is 1.60. The summed E-state index contributed by atoms with van der Waals surface area (Å²) in [6, 6.07) is 17.1.